The molecule has 0 aromatic carbocycles. The first-order chi connectivity index (χ1) is 3.43. The zero-order valence-corrected chi connectivity index (χ0v) is 5.31. The fourth-order valence-electron chi connectivity index (χ4n) is 0.535. The molecule has 0 atom stereocenters. The molecule has 0 aromatic rings. The van der Waals surface area contributed by atoms with Gasteiger partial charge < -0.3 is 0 Å². The summed E-state index contributed by atoms with van der Waals surface area (Å²) in [6.07, 6.45) is 7.66. The van der Waals surface area contributed by atoms with Crippen LogP contribution in [0.1, 0.15) is 6.42 Å². The molecular weight excluding hydrogens is 131 g/mol. The summed E-state index contributed by atoms with van der Waals surface area (Å²) in [6, 6.07) is 0. The monoisotopic (exact) mass is 139 g/mol. The zero-order valence-electron chi connectivity index (χ0n) is 4.27. The molecule has 0 saturated heterocycles. The van der Waals surface area contributed by atoms with Crippen molar-refractivity contribution in [2.24, 2.45) is 0 Å². The first kappa shape index (κ1) is 5.13. The van der Waals surface area contributed by atoms with E-state index >= 15 is 0 Å². The van der Waals surface area contributed by atoms with E-state index in [1.165, 1.54) is 25.6 Å². The molecule has 0 aromatic heterocycles. The summed E-state index contributed by atoms with van der Waals surface area (Å²) in [5.41, 5.74) is 0. The van der Waals surface area contributed by atoms with Crippen LogP contribution in [0, 0.1) is 0 Å². The SMILES string of the molecule is [CH3][Co][C]1=CC=CC1. The van der Waals surface area contributed by atoms with Gasteiger partial charge in [-0.1, -0.05) is 0 Å². The Labute approximate surface area is 50.3 Å². The van der Waals surface area contributed by atoms with Crippen LogP contribution in [0.5, 0.6) is 0 Å². The third-order valence-corrected chi connectivity index (χ3v) is 1.98. The van der Waals surface area contributed by atoms with Crippen LogP contribution >= 0.6 is 0 Å². The molecule has 1 aliphatic rings. The molecule has 41 valence electrons. The first-order valence-corrected chi connectivity index (χ1v) is 3.78. The van der Waals surface area contributed by atoms with Crippen LogP contribution in [0.15, 0.2) is 22.7 Å². The van der Waals surface area contributed by atoms with Gasteiger partial charge in [0.1, 0.15) is 0 Å². The molecule has 1 heteroatoms. The average molecular weight is 139 g/mol. The molecule has 7 heavy (non-hydrogen) atoms. The van der Waals surface area contributed by atoms with Crippen molar-refractivity contribution >= 4 is 0 Å². The molecule has 0 fully saturated rings. The van der Waals surface area contributed by atoms with E-state index < -0.39 is 0 Å². The maximum absolute atomic E-state index is 2.19. The Kier molecular flexibility index (Phi) is 1.71. The molecule has 0 unspecified atom stereocenters. The van der Waals surface area contributed by atoms with Gasteiger partial charge in [0, 0.05) is 0 Å². The molecule has 0 saturated carbocycles. The second kappa shape index (κ2) is 2.33. The van der Waals surface area contributed by atoms with Crippen molar-refractivity contribution in [3.05, 3.63) is 22.7 Å². The van der Waals surface area contributed by atoms with Crippen molar-refractivity contribution in [2.75, 3.05) is 0 Å². The van der Waals surface area contributed by atoms with Crippen molar-refractivity contribution in [3.8, 4) is 0 Å². The Morgan fingerprint density at radius 2 is 2.57 bits per heavy atom. The fraction of sp³-hybridized carbons (Fsp3) is 0.333. The van der Waals surface area contributed by atoms with Gasteiger partial charge in [0.25, 0.3) is 0 Å². The van der Waals surface area contributed by atoms with Crippen LogP contribution in [0.3, 0.4) is 0 Å². The average Bonchev–Trinajstić information content (AvgIpc) is 2.14. The molecule has 0 heterocycles. The summed E-state index contributed by atoms with van der Waals surface area (Å²) in [7, 11) is 0. The van der Waals surface area contributed by atoms with Gasteiger partial charge in [-0.3, -0.25) is 0 Å². The third-order valence-electron chi connectivity index (χ3n) is 0.924. The Bertz CT molecular complexity index is 111. The van der Waals surface area contributed by atoms with Crippen molar-refractivity contribution in [3.63, 3.8) is 0 Å². The fourth-order valence-corrected chi connectivity index (χ4v) is 1.14. The Morgan fingerprint density at radius 1 is 1.71 bits per heavy atom. The van der Waals surface area contributed by atoms with E-state index in [2.05, 4.69) is 24.1 Å². The van der Waals surface area contributed by atoms with Gasteiger partial charge in [-0.25, -0.2) is 0 Å². The zero-order chi connectivity index (χ0) is 5.11. The van der Waals surface area contributed by atoms with Crippen molar-refractivity contribution < 1.29 is 14.7 Å². The van der Waals surface area contributed by atoms with Crippen LogP contribution in [0.4, 0.5) is 0 Å². The van der Waals surface area contributed by atoms with Gasteiger partial charge in [-0.2, -0.15) is 0 Å². The van der Waals surface area contributed by atoms with Gasteiger partial charge in [-0.05, 0) is 0 Å². The van der Waals surface area contributed by atoms with Crippen molar-refractivity contribution in [1.29, 1.82) is 0 Å². The van der Waals surface area contributed by atoms with E-state index in [1.807, 2.05) is 0 Å². The van der Waals surface area contributed by atoms with Gasteiger partial charge in [-0.15, -0.1) is 0 Å². The van der Waals surface area contributed by atoms with E-state index in [4.69, 9.17) is 0 Å². The summed E-state index contributed by atoms with van der Waals surface area (Å²) in [6.45, 7) is 0. The molecular formula is C6H8Co. The Hall–Kier alpha value is -0.0135. The van der Waals surface area contributed by atoms with E-state index in [0.717, 1.165) is 0 Å². The van der Waals surface area contributed by atoms with Crippen LogP contribution < -0.4 is 0 Å². The minimum atomic E-state index is 1.18. The summed E-state index contributed by atoms with van der Waals surface area (Å²) in [5, 5.41) is 0. The summed E-state index contributed by atoms with van der Waals surface area (Å²) in [4.78, 5) is 0. The number of rotatable bonds is 1. The van der Waals surface area contributed by atoms with Crippen molar-refractivity contribution in [1.82, 2.24) is 0 Å². The first-order valence-electron chi connectivity index (χ1n) is 2.22. The number of hydrogen-bond donors (Lipinski definition) is 0. The summed E-state index contributed by atoms with van der Waals surface area (Å²) < 4.78 is 1.52. The van der Waals surface area contributed by atoms with Gasteiger partial charge >= 0.3 is 49.7 Å². The van der Waals surface area contributed by atoms with E-state index in [9.17, 15) is 0 Å². The van der Waals surface area contributed by atoms with Crippen molar-refractivity contribution in [2.45, 2.75) is 12.3 Å². The normalized spacial score (nSPS) is 18.1. The summed E-state index contributed by atoms with van der Waals surface area (Å²) in [5.74, 6) is 2.16. The second-order valence-corrected chi connectivity index (χ2v) is 2.57. The van der Waals surface area contributed by atoms with E-state index in [0.29, 0.717) is 0 Å². The van der Waals surface area contributed by atoms with Gasteiger partial charge in [0.15, 0.2) is 0 Å². The Balaban J connectivity index is 2.45. The predicted molar refractivity (Wildman–Crippen MR) is 27.7 cm³/mol. The number of hydrogen-bond acceptors (Lipinski definition) is 0. The standard InChI is InChI=1S/C5H5.CH3.Co/c1-2-4-5-3-1;;/h1-3H,4H2;1H3;. The third kappa shape index (κ3) is 1.18. The molecule has 0 spiro atoms. The molecule has 0 aliphatic heterocycles. The quantitative estimate of drug-likeness (QED) is 0.520. The van der Waals surface area contributed by atoms with Crippen LogP contribution in [0.25, 0.3) is 0 Å². The Morgan fingerprint density at radius 3 is 2.86 bits per heavy atom. The number of allylic oxidation sites excluding steroid dienone is 4. The van der Waals surface area contributed by atoms with Crippen LogP contribution in [-0.4, -0.2) is 0 Å². The van der Waals surface area contributed by atoms with E-state index in [1.54, 1.807) is 0 Å². The van der Waals surface area contributed by atoms with E-state index in [-0.39, 0.29) is 0 Å². The molecule has 0 nitrogen and oxygen atoms in total. The van der Waals surface area contributed by atoms with Gasteiger partial charge in [0.2, 0.25) is 0 Å². The molecule has 0 amide bonds. The molecule has 0 bridgehead atoms. The maximum atomic E-state index is 2.19. The van der Waals surface area contributed by atoms with Gasteiger partial charge in [0.05, 0.1) is 0 Å². The predicted octanol–water partition coefficient (Wildman–Crippen LogP) is 1.96. The molecule has 1 aliphatic carbocycles. The topological polar surface area (TPSA) is 0 Å². The minimum absolute atomic E-state index is 1.18. The summed E-state index contributed by atoms with van der Waals surface area (Å²) >= 11 is 1.45. The second-order valence-electron chi connectivity index (χ2n) is 1.38. The molecule has 0 N–H and O–H groups in total. The molecule has 0 radical (unpaired) electrons. The van der Waals surface area contributed by atoms with Crippen LogP contribution in [-0.2, 0) is 14.7 Å². The molecule has 1 rings (SSSR count). The van der Waals surface area contributed by atoms with Crippen LogP contribution in [0.2, 0.25) is 5.86 Å².